The molecule has 0 saturated carbocycles. The maximum Gasteiger partial charge on any atom is 0.273 e. The van der Waals surface area contributed by atoms with Gasteiger partial charge in [-0.05, 0) is 30.5 Å². The monoisotopic (exact) mass is 457 g/mol. The molecule has 1 amide bonds. The number of rotatable bonds is 6. The van der Waals surface area contributed by atoms with Gasteiger partial charge >= 0.3 is 0 Å². The standard InChI is InChI=1S/C24H25F2N3O4/c1-13(15-4-3-5-19-16(15)6-8-24(19,25)26)28-23(30)17-10-20(33-14-7-9-32-12-14)22(31-2)18-11-27-29-21(17)18/h3-5,10-11,13-14H,6-9,12H2,1-2H3,(H,27,29)(H,28,30)/t13-,14+/m1/s1. The lowest BCUT2D eigenvalue weighted by Crippen LogP contribution is -2.28. The molecule has 2 atom stereocenters. The van der Waals surface area contributed by atoms with E-state index < -0.39 is 12.0 Å². The largest absolute Gasteiger partial charge is 0.492 e. The van der Waals surface area contributed by atoms with E-state index in [0.717, 1.165) is 6.42 Å². The molecule has 7 nitrogen and oxygen atoms in total. The number of amides is 1. The van der Waals surface area contributed by atoms with Gasteiger partial charge in [-0.15, -0.1) is 0 Å². The molecule has 1 aliphatic carbocycles. The van der Waals surface area contributed by atoms with E-state index >= 15 is 0 Å². The number of fused-ring (bicyclic) bond motifs is 2. The number of methoxy groups -OCH3 is 1. The third kappa shape index (κ3) is 3.80. The third-order valence-electron chi connectivity index (χ3n) is 6.39. The highest BCUT2D eigenvalue weighted by Gasteiger charge is 2.40. The average Bonchev–Trinajstić information content (AvgIpc) is 3.54. The first kappa shape index (κ1) is 21.6. The predicted octanol–water partition coefficient (Wildman–Crippen LogP) is 4.27. The van der Waals surface area contributed by atoms with Gasteiger partial charge in [-0.3, -0.25) is 9.89 Å². The van der Waals surface area contributed by atoms with Gasteiger partial charge in [0.05, 0.1) is 49.0 Å². The highest BCUT2D eigenvalue weighted by atomic mass is 19.3. The maximum atomic E-state index is 14.2. The zero-order chi connectivity index (χ0) is 23.2. The summed E-state index contributed by atoms with van der Waals surface area (Å²) < 4.78 is 45.4. The van der Waals surface area contributed by atoms with E-state index in [1.54, 1.807) is 31.3 Å². The quantitative estimate of drug-likeness (QED) is 0.578. The molecule has 174 valence electrons. The van der Waals surface area contributed by atoms with Gasteiger partial charge in [0, 0.05) is 18.4 Å². The molecule has 0 radical (unpaired) electrons. The van der Waals surface area contributed by atoms with Crippen molar-refractivity contribution in [1.29, 1.82) is 0 Å². The van der Waals surface area contributed by atoms with E-state index in [2.05, 4.69) is 15.5 Å². The van der Waals surface area contributed by atoms with Gasteiger partial charge in [0.25, 0.3) is 11.8 Å². The number of nitrogens with one attached hydrogen (secondary N) is 2. The minimum absolute atomic E-state index is 0.0518. The Balaban J connectivity index is 1.46. The second-order valence-electron chi connectivity index (χ2n) is 8.49. The van der Waals surface area contributed by atoms with Crippen LogP contribution in [0.3, 0.4) is 0 Å². The van der Waals surface area contributed by atoms with Crippen molar-refractivity contribution in [2.45, 2.75) is 44.3 Å². The SMILES string of the molecule is COc1c(O[C@H]2CCOC2)cc(C(=O)N[C@H](C)c2cccc3c2CCC3(F)F)c2[nH]ncc12. The summed E-state index contributed by atoms with van der Waals surface area (Å²) in [5, 5.41) is 10.5. The Morgan fingerprint density at radius 1 is 1.39 bits per heavy atom. The number of nitrogens with zero attached hydrogens (tertiary/aromatic N) is 1. The van der Waals surface area contributed by atoms with Gasteiger partial charge in [0.1, 0.15) is 6.10 Å². The molecule has 1 aliphatic heterocycles. The lowest BCUT2D eigenvalue weighted by Gasteiger charge is -2.20. The number of carbonyl (C=O) groups is 1. The second kappa shape index (κ2) is 8.30. The van der Waals surface area contributed by atoms with Crippen LogP contribution in [-0.2, 0) is 17.1 Å². The number of hydrogen-bond acceptors (Lipinski definition) is 5. The summed E-state index contributed by atoms with van der Waals surface area (Å²) in [7, 11) is 1.54. The van der Waals surface area contributed by atoms with Gasteiger partial charge < -0.3 is 19.5 Å². The first-order valence-corrected chi connectivity index (χ1v) is 11.0. The summed E-state index contributed by atoms with van der Waals surface area (Å²) in [6, 6.07) is 6.04. The van der Waals surface area contributed by atoms with Crippen LogP contribution < -0.4 is 14.8 Å². The summed E-state index contributed by atoms with van der Waals surface area (Å²) in [6.07, 6.45) is 2.27. The van der Waals surface area contributed by atoms with Crippen LogP contribution in [0.5, 0.6) is 11.5 Å². The zero-order valence-electron chi connectivity index (χ0n) is 18.4. The van der Waals surface area contributed by atoms with Crippen molar-refractivity contribution in [3.63, 3.8) is 0 Å². The smallest absolute Gasteiger partial charge is 0.273 e. The molecule has 1 saturated heterocycles. The summed E-state index contributed by atoms with van der Waals surface area (Å²) in [5.74, 6) is -2.28. The van der Waals surface area contributed by atoms with Crippen LogP contribution in [-0.4, -0.2) is 42.5 Å². The number of benzene rings is 2. The number of aromatic amines is 1. The highest BCUT2D eigenvalue weighted by Crippen LogP contribution is 2.44. The number of ether oxygens (including phenoxy) is 3. The lowest BCUT2D eigenvalue weighted by atomic mass is 9.97. The normalized spacial score (nSPS) is 19.9. The van der Waals surface area contributed by atoms with Crippen LogP contribution in [0.15, 0.2) is 30.5 Å². The Morgan fingerprint density at radius 3 is 3.00 bits per heavy atom. The molecule has 2 aromatic carbocycles. The molecule has 2 aliphatic rings. The topological polar surface area (TPSA) is 85.5 Å². The van der Waals surface area contributed by atoms with E-state index in [4.69, 9.17) is 14.2 Å². The number of alkyl halides is 2. The van der Waals surface area contributed by atoms with Crippen LogP contribution in [0.2, 0.25) is 0 Å². The number of carbonyl (C=O) groups excluding carboxylic acids is 1. The van der Waals surface area contributed by atoms with Crippen LogP contribution in [0.4, 0.5) is 8.78 Å². The molecule has 1 fully saturated rings. The van der Waals surface area contributed by atoms with Crippen LogP contribution in [0.1, 0.15) is 52.9 Å². The predicted molar refractivity (Wildman–Crippen MR) is 117 cm³/mol. The Kier molecular flexibility index (Phi) is 5.44. The van der Waals surface area contributed by atoms with Crippen molar-refractivity contribution in [3.8, 4) is 11.5 Å². The first-order chi connectivity index (χ1) is 15.9. The number of H-pyrrole nitrogens is 1. The van der Waals surface area contributed by atoms with E-state index in [1.807, 2.05) is 0 Å². The Labute approximate surface area is 189 Å². The summed E-state index contributed by atoms with van der Waals surface area (Å²) in [5.41, 5.74) is 2.21. The third-order valence-corrected chi connectivity index (χ3v) is 6.39. The molecule has 3 aromatic rings. The molecule has 2 N–H and O–H groups in total. The Bertz CT molecular complexity index is 1200. The minimum atomic E-state index is -2.83. The Morgan fingerprint density at radius 2 is 2.24 bits per heavy atom. The molecule has 33 heavy (non-hydrogen) atoms. The molecule has 0 unspecified atom stereocenters. The molecule has 1 aromatic heterocycles. The number of hydrogen-bond donors (Lipinski definition) is 2. The molecular weight excluding hydrogens is 432 g/mol. The van der Waals surface area contributed by atoms with Crippen molar-refractivity contribution < 1.29 is 27.8 Å². The first-order valence-electron chi connectivity index (χ1n) is 11.0. The fourth-order valence-electron chi connectivity index (χ4n) is 4.73. The summed E-state index contributed by atoms with van der Waals surface area (Å²) in [6.45, 7) is 2.88. The van der Waals surface area contributed by atoms with E-state index in [-0.39, 0.29) is 30.4 Å². The lowest BCUT2D eigenvalue weighted by molar-refractivity contribution is -0.00185. The zero-order valence-corrected chi connectivity index (χ0v) is 18.4. The van der Waals surface area contributed by atoms with Crippen molar-refractivity contribution in [2.24, 2.45) is 0 Å². The van der Waals surface area contributed by atoms with E-state index in [9.17, 15) is 13.6 Å². The molecule has 0 spiro atoms. The van der Waals surface area contributed by atoms with Crippen molar-refractivity contribution >= 4 is 16.8 Å². The maximum absolute atomic E-state index is 14.2. The minimum Gasteiger partial charge on any atom is -0.492 e. The molecule has 2 heterocycles. The molecule has 5 rings (SSSR count). The highest BCUT2D eigenvalue weighted by molar-refractivity contribution is 6.08. The fraction of sp³-hybridized carbons (Fsp3) is 0.417. The van der Waals surface area contributed by atoms with Gasteiger partial charge in [-0.2, -0.15) is 5.10 Å². The number of halogens is 2. The van der Waals surface area contributed by atoms with Crippen molar-refractivity contribution in [1.82, 2.24) is 15.5 Å². The van der Waals surface area contributed by atoms with E-state index in [1.165, 1.54) is 13.2 Å². The van der Waals surface area contributed by atoms with Crippen LogP contribution in [0.25, 0.3) is 10.9 Å². The summed E-state index contributed by atoms with van der Waals surface area (Å²) >= 11 is 0. The van der Waals surface area contributed by atoms with Gasteiger partial charge in [-0.1, -0.05) is 18.2 Å². The van der Waals surface area contributed by atoms with Gasteiger partial charge in [0.15, 0.2) is 11.5 Å². The van der Waals surface area contributed by atoms with Crippen LogP contribution >= 0.6 is 0 Å². The molecule has 0 bridgehead atoms. The van der Waals surface area contributed by atoms with Gasteiger partial charge in [-0.25, -0.2) is 8.78 Å². The fourth-order valence-corrected chi connectivity index (χ4v) is 4.73. The molecular formula is C24H25F2N3O4. The van der Waals surface area contributed by atoms with Crippen molar-refractivity contribution in [2.75, 3.05) is 20.3 Å². The van der Waals surface area contributed by atoms with Crippen LogP contribution in [0, 0.1) is 0 Å². The summed E-state index contributed by atoms with van der Waals surface area (Å²) in [4.78, 5) is 13.3. The second-order valence-corrected chi connectivity index (χ2v) is 8.49. The van der Waals surface area contributed by atoms with Gasteiger partial charge in [0.2, 0.25) is 0 Å². The number of aromatic nitrogens is 2. The average molecular weight is 457 g/mol. The van der Waals surface area contributed by atoms with E-state index in [0.29, 0.717) is 52.3 Å². The molecule has 9 heteroatoms. The Hall–Kier alpha value is -3.20. The van der Waals surface area contributed by atoms with Crippen molar-refractivity contribution in [3.05, 3.63) is 52.7 Å².